The maximum Gasteiger partial charge on any atom is 0.340 e. The third-order valence-electron chi connectivity index (χ3n) is 4.64. The van der Waals surface area contributed by atoms with Crippen molar-refractivity contribution in [1.29, 1.82) is 0 Å². The number of aliphatic hydroxyl groups is 1. The van der Waals surface area contributed by atoms with Crippen molar-refractivity contribution in [2.45, 2.75) is 32.3 Å². The Bertz CT molecular complexity index is 809. The van der Waals surface area contributed by atoms with Gasteiger partial charge < -0.3 is 14.7 Å². The molecule has 2 aromatic rings. The molecule has 6 nitrogen and oxygen atoms in total. The van der Waals surface area contributed by atoms with E-state index in [-0.39, 0.29) is 17.7 Å². The lowest BCUT2D eigenvalue weighted by molar-refractivity contribution is 0.0527. The summed E-state index contributed by atoms with van der Waals surface area (Å²) in [5.41, 5.74) is 0.722. The van der Waals surface area contributed by atoms with Gasteiger partial charge in [0.05, 0.1) is 23.8 Å². The maximum atomic E-state index is 12.8. The molecule has 6 heteroatoms. The molecule has 25 heavy (non-hydrogen) atoms. The van der Waals surface area contributed by atoms with Crippen molar-refractivity contribution in [3.63, 3.8) is 0 Å². The van der Waals surface area contributed by atoms with E-state index < -0.39 is 12.1 Å². The average Bonchev–Trinajstić information content (AvgIpc) is 2.63. The van der Waals surface area contributed by atoms with Crippen molar-refractivity contribution in [2.24, 2.45) is 0 Å². The minimum atomic E-state index is -0.934. The van der Waals surface area contributed by atoms with Crippen molar-refractivity contribution in [1.82, 2.24) is 9.30 Å². The molecular weight excluding hydrogens is 320 g/mol. The highest BCUT2D eigenvalue weighted by Gasteiger charge is 2.22. The van der Waals surface area contributed by atoms with E-state index >= 15 is 0 Å². The molecule has 0 saturated carbocycles. The summed E-state index contributed by atoms with van der Waals surface area (Å²) in [5, 5.41) is 10.6. The fourth-order valence-corrected chi connectivity index (χ4v) is 3.37. The predicted molar refractivity (Wildman–Crippen MR) is 94.9 cm³/mol. The van der Waals surface area contributed by atoms with Gasteiger partial charge in [-0.05, 0) is 51.1 Å². The van der Waals surface area contributed by atoms with Crippen LogP contribution >= 0.6 is 0 Å². The highest BCUT2D eigenvalue weighted by atomic mass is 16.5. The van der Waals surface area contributed by atoms with Gasteiger partial charge in [-0.15, -0.1) is 0 Å². The van der Waals surface area contributed by atoms with Crippen LogP contribution < -0.4 is 5.56 Å². The molecule has 1 unspecified atom stereocenters. The molecular formula is C19H24N2O4. The second-order valence-corrected chi connectivity index (χ2v) is 6.37. The van der Waals surface area contributed by atoms with Crippen LogP contribution in [0.1, 0.15) is 48.2 Å². The number of carbonyl (C=O) groups is 1. The Hall–Kier alpha value is -2.18. The molecule has 1 aliphatic rings. The molecule has 3 heterocycles. The van der Waals surface area contributed by atoms with Crippen LogP contribution in [-0.4, -0.2) is 46.6 Å². The number of pyridine rings is 2. The number of fused-ring (bicyclic) bond motifs is 1. The molecule has 134 valence electrons. The minimum absolute atomic E-state index is 0.234. The van der Waals surface area contributed by atoms with Gasteiger partial charge in [0, 0.05) is 18.3 Å². The van der Waals surface area contributed by atoms with Crippen LogP contribution in [0.15, 0.2) is 35.3 Å². The van der Waals surface area contributed by atoms with Crippen LogP contribution in [-0.2, 0) is 4.74 Å². The molecule has 0 aromatic carbocycles. The monoisotopic (exact) mass is 344 g/mol. The van der Waals surface area contributed by atoms with Gasteiger partial charge in [-0.25, -0.2) is 4.79 Å². The van der Waals surface area contributed by atoms with E-state index in [0.717, 1.165) is 25.9 Å². The molecule has 0 aliphatic carbocycles. The normalized spacial score (nSPS) is 16.7. The lowest BCUT2D eigenvalue weighted by Crippen LogP contribution is -2.35. The lowest BCUT2D eigenvalue weighted by atomic mass is 10.0. The smallest absolute Gasteiger partial charge is 0.340 e. The number of β-amino-alcohol motifs (C(OH)–C–C–N with tert-alkyl or cyclic N) is 1. The number of aromatic nitrogens is 1. The number of carbonyl (C=O) groups excluding carboxylic acids is 1. The Balaban J connectivity index is 2.00. The van der Waals surface area contributed by atoms with E-state index in [9.17, 15) is 14.7 Å². The Morgan fingerprint density at radius 3 is 2.76 bits per heavy atom. The molecule has 3 rings (SSSR count). The third-order valence-corrected chi connectivity index (χ3v) is 4.64. The standard InChI is InChI=1S/C19H24N2O4/c1-2-25-19(24)14-12-15(17(22)13-20-9-5-3-6-10-20)18(23)21-11-7-4-8-16(14)21/h4,7-8,11-12,17,22H,2-3,5-6,9-10,13H2,1H3. The van der Waals surface area contributed by atoms with Gasteiger partial charge in [0.1, 0.15) is 0 Å². The highest BCUT2D eigenvalue weighted by Crippen LogP contribution is 2.19. The number of hydrogen-bond acceptors (Lipinski definition) is 5. The van der Waals surface area contributed by atoms with Gasteiger partial charge in [-0.3, -0.25) is 9.20 Å². The van der Waals surface area contributed by atoms with E-state index in [4.69, 9.17) is 4.74 Å². The Labute approximate surface area is 146 Å². The third kappa shape index (κ3) is 3.75. The van der Waals surface area contributed by atoms with Gasteiger partial charge in [-0.2, -0.15) is 0 Å². The first-order valence-electron chi connectivity index (χ1n) is 8.83. The molecule has 1 aliphatic heterocycles. The Morgan fingerprint density at radius 2 is 2.04 bits per heavy atom. The minimum Gasteiger partial charge on any atom is -0.462 e. The number of aliphatic hydroxyl groups excluding tert-OH is 1. The van der Waals surface area contributed by atoms with Crippen molar-refractivity contribution in [2.75, 3.05) is 26.2 Å². The number of piperidine rings is 1. The molecule has 1 atom stereocenters. The summed E-state index contributed by atoms with van der Waals surface area (Å²) in [7, 11) is 0. The summed E-state index contributed by atoms with van der Waals surface area (Å²) < 4.78 is 6.52. The second kappa shape index (κ2) is 7.80. The van der Waals surface area contributed by atoms with Crippen molar-refractivity contribution in [3.8, 4) is 0 Å². The number of nitrogens with zero attached hydrogens (tertiary/aromatic N) is 2. The van der Waals surface area contributed by atoms with E-state index in [2.05, 4.69) is 4.90 Å². The first-order valence-corrected chi connectivity index (χ1v) is 8.83. The first kappa shape index (κ1) is 17.6. The van der Waals surface area contributed by atoms with Crippen LogP contribution in [0, 0.1) is 0 Å². The number of hydrogen-bond donors (Lipinski definition) is 1. The molecule has 0 spiro atoms. The van der Waals surface area contributed by atoms with E-state index in [0.29, 0.717) is 17.6 Å². The zero-order chi connectivity index (χ0) is 17.8. The van der Waals surface area contributed by atoms with Crippen molar-refractivity contribution >= 4 is 11.5 Å². The highest BCUT2D eigenvalue weighted by molar-refractivity contribution is 5.97. The van der Waals surface area contributed by atoms with E-state index in [1.54, 1.807) is 31.3 Å². The SMILES string of the molecule is CCOC(=O)c1cc(C(O)CN2CCCCC2)c(=O)n2ccccc12. The molecule has 1 saturated heterocycles. The predicted octanol–water partition coefficient (Wildman–Crippen LogP) is 2.00. The Morgan fingerprint density at radius 1 is 1.28 bits per heavy atom. The quantitative estimate of drug-likeness (QED) is 0.840. The van der Waals surface area contributed by atoms with Crippen LogP contribution in [0.5, 0.6) is 0 Å². The van der Waals surface area contributed by atoms with Gasteiger partial charge in [0.25, 0.3) is 5.56 Å². The number of ether oxygens (including phenoxy) is 1. The molecule has 2 aromatic heterocycles. The number of rotatable bonds is 5. The van der Waals surface area contributed by atoms with Gasteiger partial charge in [0.15, 0.2) is 0 Å². The summed E-state index contributed by atoms with van der Waals surface area (Å²) in [5.74, 6) is -0.488. The largest absolute Gasteiger partial charge is 0.462 e. The fourth-order valence-electron chi connectivity index (χ4n) is 3.37. The van der Waals surface area contributed by atoms with E-state index in [1.165, 1.54) is 16.9 Å². The van der Waals surface area contributed by atoms with Crippen molar-refractivity contribution < 1.29 is 14.6 Å². The van der Waals surface area contributed by atoms with Gasteiger partial charge in [0.2, 0.25) is 0 Å². The topological polar surface area (TPSA) is 71.2 Å². The second-order valence-electron chi connectivity index (χ2n) is 6.37. The number of likely N-dealkylation sites (tertiary alicyclic amines) is 1. The van der Waals surface area contributed by atoms with Crippen LogP contribution in [0.25, 0.3) is 5.52 Å². The van der Waals surface area contributed by atoms with Gasteiger partial charge in [-0.1, -0.05) is 12.5 Å². The van der Waals surface area contributed by atoms with Crippen LogP contribution in [0.3, 0.4) is 0 Å². The first-order chi connectivity index (χ1) is 12.1. The fraction of sp³-hybridized carbons (Fsp3) is 0.474. The summed E-state index contributed by atoms with van der Waals surface area (Å²) in [6.07, 6.45) is 4.10. The maximum absolute atomic E-state index is 12.8. The lowest BCUT2D eigenvalue weighted by Gasteiger charge is -2.28. The van der Waals surface area contributed by atoms with Gasteiger partial charge >= 0.3 is 5.97 Å². The molecule has 0 bridgehead atoms. The number of esters is 1. The zero-order valence-electron chi connectivity index (χ0n) is 14.5. The van der Waals surface area contributed by atoms with Crippen molar-refractivity contribution in [3.05, 3.63) is 51.9 Å². The van der Waals surface area contributed by atoms with E-state index in [1.807, 2.05) is 0 Å². The average molecular weight is 344 g/mol. The molecule has 0 radical (unpaired) electrons. The summed E-state index contributed by atoms with van der Waals surface area (Å²) in [6, 6.07) is 6.68. The van der Waals surface area contributed by atoms with Crippen LogP contribution in [0.2, 0.25) is 0 Å². The molecule has 1 fully saturated rings. The zero-order valence-corrected chi connectivity index (χ0v) is 14.5. The summed E-state index contributed by atoms with van der Waals surface area (Å²) in [6.45, 7) is 4.24. The Kier molecular flexibility index (Phi) is 5.50. The summed E-state index contributed by atoms with van der Waals surface area (Å²) >= 11 is 0. The molecule has 0 amide bonds. The summed E-state index contributed by atoms with van der Waals surface area (Å²) in [4.78, 5) is 27.2. The molecule has 1 N–H and O–H groups in total. The van der Waals surface area contributed by atoms with Crippen LogP contribution in [0.4, 0.5) is 0 Å².